The number of aromatic nitrogens is 2. The van der Waals surface area contributed by atoms with E-state index in [2.05, 4.69) is 10.6 Å². The Morgan fingerprint density at radius 3 is 2.47 bits per heavy atom. The zero-order valence-corrected chi connectivity index (χ0v) is 11.7. The Bertz CT molecular complexity index is 571. The second kappa shape index (κ2) is 6.33. The molecule has 0 aliphatic rings. The van der Waals surface area contributed by atoms with Gasteiger partial charge in [-0.15, -0.1) is 0 Å². The van der Waals surface area contributed by atoms with Gasteiger partial charge in [0.2, 0.25) is 5.91 Å². The van der Waals surface area contributed by atoms with Gasteiger partial charge in [-0.25, -0.2) is 4.79 Å². The Hall–Kier alpha value is -1.89. The smallest absolute Gasteiger partial charge is 0.330 e. The molecule has 0 aliphatic carbocycles. The second-order valence-corrected chi connectivity index (χ2v) is 4.70. The molecule has 7 nitrogen and oxygen atoms in total. The van der Waals surface area contributed by atoms with E-state index < -0.39 is 0 Å². The van der Waals surface area contributed by atoms with Crippen LogP contribution in [0.15, 0.2) is 15.7 Å². The molecule has 0 atom stereocenters. The molecule has 0 bridgehead atoms. The molecule has 19 heavy (non-hydrogen) atoms. The third-order valence-corrected chi connectivity index (χ3v) is 2.67. The first-order valence-corrected chi connectivity index (χ1v) is 6.09. The van der Waals surface area contributed by atoms with Crippen LogP contribution >= 0.6 is 0 Å². The van der Waals surface area contributed by atoms with Crippen LogP contribution in [0.25, 0.3) is 0 Å². The van der Waals surface area contributed by atoms with Crippen LogP contribution in [-0.2, 0) is 25.4 Å². The van der Waals surface area contributed by atoms with E-state index in [4.69, 9.17) is 0 Å². The van der Waals surface area contributed by atoms with Crippen LogP contribution in [0.1, 0.15) is 19.5 Å². The molecule has 2 N–H and O–H groups in total. The minimum Gasteiger partial charge on any atom is -0.353 e. The van der Waals surface area contributed by atoms with Crippen molar-refractivity contribution >= 4 is 5.91 Å². The zero-order chi connectivity index (χ0) is 14.6. The van der Waals surface area contributed by atoms with Gasteiger partial charge in [0.15, 0.2) is 0 Å². The van der Waals surface area contributed by atoms with Crippen LogP contribution in [-0.4, -0.2) is 27.6 Å². The highest BCUT2D eigenvalue weighted by Crippen LogP contribution is 1.89. The van der Waals surface area contributed by atoms with E-state index in [9.17, 15) is 14.4 Å². The van der Waals surface area contributed by atoms with Crippen molar-refractivity contribution in [2.45, 2.75) is 26.4 Å². The first kappa shape index (κ1) is 15.2. The molecule has 1 amide bonds. The molecule has 106 valence electrons. The van der Waals surface area contributed by atoms with Crippen molar-refractivity contribution in [3.8, 4) is 0 Å². The van der Waals surface area contributed by atoms with Gasteiger partial charge in [0, 0.05) is 38.4 Å². The first-order valence-electron chi connectivity index (χ1n) is 6.09. The van der Waals surface area contributed by atoms with Gasteiger partial charge >= 0.3 is 5.69 Å². The fourth-order valence-corrected chi connectivity index (χ4v) is 1.63. The van der Waals surface area contributed by atoms with Crippen LogP contribution in [0.5, 0.6) is 0 Å². The standard InChI is InChI=1S/C12H20N4O3/c1-8(2)14-10(17)7-13-6-9-5-11(18)16(4)12(19)15(9)3/h5,8,13H,6-7H2,1-4H3,(H,14,17). The molecule has 0 saturated heterocycles. The van der Waals surface area contributed by atoms with Crippen LogP contribution in [0.3, 0.4) is 0 Å². The van der Waals surface area contributed by atoms with Crippen molar-refractivity contribution in [3.05, 3.63) is 32.6 Å². The molecule has 0 radical (unpaired) electrons. The molecule has 0 unspecified atom stereocenters. The third-order valence-electron chi connectivity index (χ3n) is 2.67. The topological polar surface area (TPSA) is 85.1 Å². The average molecular weight is 268 g/mol. The number of hydrogen-bond donors (Lipinski definition) is 2. The maximum atomic E-state index is 11.7. The Morgan fingerprint density at radius 1 is 1.26 bits per heavy atom. The predicted octanol–water partition coefficient (Wildman–Crippen LogP) is -1.30. The Balaban J connectivity index is 2.67. The first-order chi connectivity index (χ1) is 8.82. The van der Waals surface area contributed by atoms with Crippen molar-refractivity contribution in [3.63, 3.8) is 0 Å². The van der Waals surface area contributed by atoms with Crippen molar-refractivity contribution in [2.75, 3.05) is 6.54 Å². The molecular formula is C12H20N4O3. The van der Waals surface area contributed by atoms with E-state index in [-0.39, 0.29) is 36.3 Å². The molecule has 1 aromatic heterocycles. The number of rotatable bonds is 5. The second-order valence-electron chi connectivity index (χ2n) is 4.70. The lowest BCUT2D eigenvalue weighted by atomic mass is 10.3. The number of amides is 1. The summed E-state index contributed by atoms with van der Waals surface area (Å²) < 4.78 is 2.42. The lowest BCUT2D eigenvalue weighted by Crippen LogP contribution is -2.41. The summed E-state index contributed by atoms with van der Waals surface area (Å²) in [5.41, 5.74) is -0.187. The summed E-state index contributed by atoms with van der Waals surface area (Å²) in [6.07, 6.45) is 0. The number of nitrogens with one attached hydrogen (secondary N) is 2. The summed E-state index contributed by atoms with van der Waals surface area (Å²) in [7, 11) is 3.02. The van der Waals surface area contributed by atoms with Crippen LogP contribution in [0.4, 0.5) is 0 Å². The van der Waals surface area contributed by atoms with E-state index in [1.54, 1.807) is 7.05 Å². The molecule has 1 heterocycles. The Labute approximate surface area is 111 Å². The van der Waals surface area contributed by atoms with Gasteiger partial charge < -0.3 is 10.6 Å². The maximum absolute atomic E-state index is 11.7. The molecule has 0 saturated carbocycles. The fourth-order valence-electron chi connectivity index (χ4n) is 1.63. The highest BCUT2D eigenvalue weighted by atomic mass is 16.2. The van der Waals surface area contributed by atoms with Crippen LogP contribution in [0, 0.1) is 0 Å². The van der Waals surface area contributed by atoms with Crippen molar-refractivity contribution in [2.24, 2.45) is 14.1 Å². The predicted molar refractivity (Wildman–Crippen MR) is 71.9 cm³/mol. The molecule has 0 aliphatic heterocycles. The molecule has 0 spiro atoms. The van der Waals surface area contributed by atoms with Gasteiger partial charge in [0.1, 0.15) is 0 Å². The summed E-state index contributed by atoms with van der Waals surface area (Å²) in [5, 5.41) is 5.64. The normalized spacial score (nSPS) is 10.8. The van der Waals surface area contributed by atoms with Crippen molar-refractivity contribution in [1.82, 2.24) is 19.8 Å². The monoisotopic (exact) mass is 268 g/mol. The highest BCUT2D eigenvalue weighted by Gasteiger charge is 2.07. The number of hydrogen-bond acceptors (Lipinski definition) is 4. The van der Waals surface area contributed by atoms with Gasteiger partial charge in [-0.2, -0.15) is 0 Å². The maximum Gasteiger partial charge on any atom is 0.330 e. The van der Waals surface area contributed by atoms with Crippen molar-refractivity contribution < 1.29 is 4.79 Å². The molecule has 1 rings (SSSR count). The summed E-state index contributed by atoms with van der Waals surface area (Å²) >= 11 is 0. The lowest BCUT2D eigenvalue weighted by molar-refractivity contribution is -0.120. The third kappa shape index (κ3) is 4.06. The van der Waals surface area contributed by atoms with E-state index in [0.717, 1.165) is 4.57 Å². The van der Waals surface area contributed by atoms with Crippen molar-refractivity contribution in [1.29, 1.82) is 0 Å². The molecule has 7 heteroatoms. The zero-order valence-electron chi connectivity index (χ0n) is 11.7. The highest BCUT2D eigenvalue weighted by molar-refractivity contribution is 5.78. The number of carbonyl (C=O) groups excluding carboxylic acids is 1. The van der Waals surface area contributed by atoms with Gasteiger partial charge in [0.05, 0.1) is 6.54 Å². The molecule has 0 aromatic carbocycles. The molecular weight excluding hydrogens is 248 g/mol. The minimum absolute atomic E-state index is 0.0858. The summed E-state index contributed by atoms with van der Waals surface area (Å²) in [6, 6.07) is 1.47. The SMILES string of the molecule is CC(C)NC(=O)CNCc1cc(=O)n(C)c(=O)n1C. The minimum atomic E-state index is -0.379. The quantitative estimate of drug-likeness (QED) is 0.695. The number of nitrogens with zero attached hydrogens (tertiary/aromatic N) is 2. The van der Waals surface area contributed by atoms with Gasteiger partial charge in [0.25, 0.3) is 5.56 Å². The Morgan fingerprint density at radius 2 is 1.89 bits per heavy atom. The van der Waals surface area contributed by atoms with Gasteiger partial charge in [-0.1, -0.05) is 0 Å². The van der Waals surface area contributed by atoms with Gasteiger partial charge in [-0.3, -0.25) is 18.7 Å². The lowest BCUT2D eigenvalue weighted by Gasteiger charge is -2.11. The summed E-state index contributed by atoms with van der Waals surface area (Å²) in [5.74, 6) is -0.121. The van der Waals surface area contributed by atoms with E-state index >= 15 is 0 Å². The number of carbonyl (C=O) groups is 1. The Kier molecular flexibility index (Phi) is 5.05. The van der Waals surface area contributed by atoms with E-state index in [1.165, 1.54) is 17.7 Å². The fraction of sp³-hybridized carbons (Fsp3) is 0.583. The molecule has 0 fully saturated rings. The largest absolute Gasteiger partial charge is 0.353 e. The van der Waals surface area contributed by atoms with Crippen LogP contribution < -0.4 is 21.9 Å². The van der Waals surface area contributed by atoms with Crippen LogP contribution in [0.2, 0.25) is 0 Å². The van der Waals surface area contributed by atoms with Gasteiger partial charge in [-0.05, 0) is 13.8 Å². The summed E-state index contributed by atoms with van der Waals surface area (Å²) in [6.45, 7) is 4.18. The van der Waals surface area contributed by atoms with E-state index in [1.807, 2.05) is 13.8 Å². The summed E-state index contributed by atoms with van der Waals surface area (Å²) in [4.78, 5) is 34.6. The average Bonchev–Trinajstić information content (AvgIpc) is 2.32. The molecule has 1 aromatic rings. The van der Waals surface area contributed by atoms with E-state index in [0.29, 0.717) is 5.69 Å².